The van der Waals surface area contributed by atoms with Crippen molar-refractivity contribution in [1.29, 1.82) is 0 Å². The van der Waals surface area contributed by atoms with Crippen molar-refractivity contribution in [1.82, 2.24) is 0 Å². The lowest BCUT2D eigenvalue weighted by molar-refractivity contribution is -0.155. The van der Waals surface area contributed by atoms with Crippen LogP contribution in [-0.4, -0.2) is 48.3 Å². The van der Waals surface area contributed by atoms with Gasteiger partial charge in [-0.05, 0) is 79.4 Å². The van der Waals surface area contributed by atoms with Crippen LogP contribution in [0.5, 0.6) is 0 Å². The Hall–Kier alpha value is -0.750. The molecule has 0 heterocycles. The van der Waals surface area contributed by atoms with E-state index < -0.39 is 29.2 Å². The highest BCUT2D eigenvalue weighted by atomic mass is 127. The van der Waals surface area contributed by atoms with Crippen LogP contribution in [-0.2, 0) is 28.7 Å². The Morgan fingerprint density at radius 2 is 1.55 bits per heavy atom. The van der Waals surface area contributed by atoms with Gasteiger partial charge in [0.25, 0.3) is 5.24 Å². The minimum Gasteiger partial charge on any atom is -0.462 e. The van der Waals surface area contributed by atoms with E-state index in [9.17, 15) is 24.0 Å². The molecule has 0 aromatic heterocycles. The fraction of sp³-hybridized carbons (Fsp3) is 0.389. The maximum Gasteiger partial charge on any atom is 0.303 e. The van der Waals surface area contributed by atoms with Crippen LogP contribution in [0.25, 0.3) is 0 Å². The lowest BCUT2D eigenvalue weighted by Gasteiger charge is -2.30. The van der Waals surface area contributed by atoms with Crippen molar-refractivity contribution in [3.63, 3.8) is 0 Å². The van der Waals surface area contributed by atoms with Gasteiger partial charge in [-0.15, -0.1) is 0 Å². The third-order valence-electron chi connectivity index (χ3n) is 3.63. The van der Waals surface area contributed by atoms with Gasteiger partial charge in [0.2, 0.25) is 11.8 Å². The van der Waals surface area contributed by atoms with Gasteiger partial charge in [0.15, 0.2) is 6.10 Å². The maximum atomic E-state index is 12.6. The molecule has 31 heavy (non-hydrogen) atoms. The van der Waals surface area contributed by atoms with E-state index in [1.807, 2.05) is 67.8 Å². The van der Waals surface area contributed by atoms with Gasteiger partial charge in [-0.3, -0.25) is 24.0 Å². The Balaban J connectivity index is 3.66. The van der Waals surface area contributed by atoms with E-state index in [0.29, 0.717) is 22.1 Å². The molecule has 1 unspecified atom stereocenters. The second-order valence-corrected chi connectivity index (χ2v) is 9.74. The number of hydrogen-bond donors (Lipinski definition) is 1. The molecule has 0 saturated carbocycles. The van der Waals surface area contributed by atoms with Crippen molar-refractivity contribution in [3.05, 3.63) is 16.3 Å². The fourth-order valence-electron chi connectivity index (χ4n) is 2.50. The molecule has 0 saturated heterocycles. The molecular weight excluding hydrogens is 772 g/mol. The molecular formula is C18H18ClI3N2O7. The summed E-state index contributed by atoms with van der Waals surface area (Å²) < 4.78 is 11.4. The summed E-state index contributed by atoms with van der Waals surface area (Å²) in [5.41, 5.74) is 0.752. The molecule has 1 N–H and O–H groups in total. The van der Waals surface area contributed by atoms with E-state index in [2.05, 4.69) is 5.32 Å². The average Bonchev–Trinajstić information content (AvgIpc) is 2.61. The standard InChI is InChI=1S/C18H18ClI3N2O7/c1-7(25)23-16-13(20)12(18(19)29)14(21)17(15(16)22)24(8(2)26)5-11(31-10(4)28)6-30-9(3)27/h11H,5-6H2,1-4H3,(H,23,25). The number of esters is 2. The molecule has 0 bridgehead atoms. The van der Waals surface area contributed by atoms with E-state index in [-0.39, 0.29) is 24.6 Å². The first kappa shape index (κ1) is 28.3. The van der Waals surface area contributed by atoms with Crippen LogP contribution < -0.4 is 10.2 Å². The molecule has 1 aromatic rings. The van der Waals surface area contributed by atoms with Crippen molar-refractivity contribution in [2.24, 2.45) is 0 Å². The maximum absolute atomic E-state index is 12.6. The van der Waals surface area contributed by atoms with E-state index in [0.717, 1.165) is 0 Å². The van der Waals surface area contributed by atoms with Crippen molar-refractivity contribution >= 4 is 120 Å². The molecule has 1 aromatic carbocycles. The van der Waals surface area contributed by atoms with Gasteiger partial charge in [0, 0.05) is 27.7 Å². The molecule has 2 amide bonds. The van der Waals surface area contributed by atoms with Crippen LogP contribution in [0.3, 0.4) is 0 Å². The van der Waals surface area contributed by atoms with Gasteiger partial charge in [-0.25, -0.2) is 0 Å². The highest BCUT2D eigenvalue weighted by Gasteiger charge is 2.31. The summed E-state index contributed by atoms with van der Waals surface area (Å²) in [5.74, 6) is -2.01. The first-order chi connectivity index (χ1) is 14.3. The van der Waals surface area contributed by atoms with Crippen molar-refractivity contribution in [2.75, 3.05) is 23.4 Å². The molecule has 0 aliphatic carbocycles. The number of amides is 2. The van der Waals surface area contributed by atoms with Gasteiger partial charge in [0.1, 0.15) is 6.61 Å². The second kappa shape index (κ2) is 12.5. The topological polar surface area (TPSA) is 119 Å². The minimum atomic E-state index is -0.962. The van der Waals surface area contributed by atoms with Gasteiger partial charge in [-0.1, -0.05) is 0 Å². The fourth-order valence-corrected chi connectivity index (χ4v) is 7.51. The zero-order valence-corrected chi connectivity index (χ0v) is 24.0. The van der Waals surface area contributed by atoms with Gasteiger partial charge >= 0.3 is 11.9 Å². The molecule has 13 heteroatoms. The zero-order chi connectivity index (χ0) is 24.0. The Kier molecular flexibility index (Phi) is 11.4. The quantitative estimate of drug-likeness (QED) is 0.243. The Bertz CT molecular complexity index is 939. The molecule has 0 aliphatic heterocycles. The summed E-state index contributed by atoms with van der Waals surface area (Å²) >= 11 is 11.5. The van der Waals surface area contributed by atoms with Crippen LogP contribution in [0.15, 0.2) is 0 Å². The third-order valence-corrected chi connectivity index (χ3v) is 7.00. The lowest BCUT2D eigenvalue weighted by atomic mass is 10.1. The summed E-state index contributed by atoms with van der Waals surface area (Å²) in [6, 6.07) is 0. The monoisotopic (exact) mass is 790 g/mol. The van der Waals surface area contributed by atoms with Gasteiger partial charge < -0.3 is 19.7 Å². The summed E-state index contributed by atoms with van der Waals surface area (Å²) in [6.45, 7) is 4.57. The van der Waals surface area contributed by atoms with Crippen molar-refractivity contribution < 1.29 is 33.4 Å². The Labute approximate surface area is 224 Å². The Morgan fingerprint density at radius 1 is 0.968 bits per heavy atom. The predicted molar refractivity (Wildman–Crippen MR) is 139 cm³/mol. The molecule has 0 fully saturated rings. The van der Waals surface area contributed by atoms with Gasteiger partial charge in [0.05, 0.1) is 34.2 Å². The molecule has 0 aliphatic rings. The number of halogens is 4. The smallest absolute Gasteiger partial charge is 0.303 e. The first-order valence-electron chi connectivity index (χ1n) is 8.54. The number of hydrogen-bond acceptors (Lipinski definition) is 7. The summed E-state index contributed by atoms with van der Waals surface area (Å²) in [4.78, 5) is 60.4. The third kappa shape index (κ3) is 7.96. The highest BCUT2D eigenvalue weighted by molar-refractivity contribution is 14.1. The minimum absolute atomic E-state index is 0.123. The molecule has 0 radical (unpaired) electrons. The second-order valence-electron chi connectivity index (χ2n) is 6.16. The van der Waals surface area contributed by atoms with Crippen molar-refractivity contribution in [2.45, 2.75) is 33.8 Å². The normalized spacial score (nSPS) is 11.4. The first-order valence-corrected chi connectivity index (χ1v) is 12.2. The number of nitrogens with zero attached hydrogens (tertiary/aromatic N) is 1. The number of nitrogens with one attached hydrogen (secondary N) is 1. The number of rotatable bonds is 8. The molecule has 9 nitrogen and oxygen atoms in total. The van der Waals surface area contributed by atoms with Gasteiger partial charge in [-0.2, -0.15) is 0 Å². The summed E-state index contributed by atoms with van der Waals surface area (Å²) in [7, 11) is 0. The number of carbonyl (C=O) groups excluding carboxylic acids is 5. The average molecular weight is 791 g/mol. The molecule has 0 spiro atoms. The number of carbonyl (C=O) groups is 5. The van der Waals surface area contributed by atoms with E-state index in [1.165, 1.54) is 32.6 Å². The van der Waals surface area contributed by atoms with Crippen LogP contribution in [0.1, 0.15) is 38.1 Å². The van der Waals surface area contributed by atoms with E-state index in [1.54, 1.807) is 0 Å². The number of benzene rings is 1. The number of anilines is 2. The Morgan fingerprint density at radius 3 is 1.97 bits per heavy atom. The summed E-state index contributed by atoms with van der Waals surface area (Å²) in [5, 5.41) is 1.90. The van der Waals surface area contributed by atoms with Crippen LogP contribution >= 0.6 is 79.4 Å². The highest BCUT2D eigenvalue weighted by Crippen LogP contribution is 2.41. The largest absolute Gasteiger partial charge is 0.462 e. The molecule has 170 valence electrons. The number of ether oxygens (including phenoxy) is 2. The SMILES string of the molecule is CC(=O)Nc1c(I)c(C(=O)Cl)c(I)c(N(CC(COC(C)=O)OC(C)=O)C(C)=O)c1I. The predicted octanol–water partition coefficient (Wildman–Crippen LogP) is 3.69. The van der Waals surface area contributed by atoms with Crippen molar-refractivity contribution in [3.8, 4) is 0 Å². The molecule has 1 rings (SSSR count). The zero-order valence-electron chi connectivity index (χ0n) is 16.8. The van der Waals surface area contributed by atoms with Crippen LogP contribution in [0, 0.1) is 10.7 Å². The molecule has 1 atom stereocenters. The lowest BCUT2D eigenvalue weighted by Crippen LogP contribution is -2.41. The van der Waals surface area contributed by atoms with Crippen LogP contribution in [0.4, 0.5) is 11.4 Å². The van der Waals surface area contributed by atoms with Crippen LogP contribution in [0.2, 0.25) is 0 Å². The van der Waals surface area contributed by atoms with E-state index in [4.69, 9.17) is 21.1 Å². The summed E-state index contributed by atoms with van der Waals surface area (Å²) in [6.07, 6.45) is -0.962. The van der Waals surface area contributed by atoms with E-state index >= 15 is 0 Å².